The van der Waals surface area contributed by atoms with E-state index >= 15 is 0 Å². The van der Waals surface area contributed by atoms with E-state index in [1.807, 2.05) is 12.1 Å². The molecule has 2 N–H and O–H groups in total. The van der Waals surface area contributed by atoms with E-state index in [0.717, 1.165) is 46.0 Å². The maximum atomic E-state index is 5.27. The van der Waals surface area contributed by atoms with Crippen molar-refractivity contribution in [1.82, 2.24) is 9.97 Å². The second kappa shape index (κ2) is 7.60. The number of anilines is 1. The lowest BCUT2D eigenvalue weighted by atomic mass is 9.93. The Morgan fingerprint density at radius 3 is 2.54 bits per heavy atom. The molecule has 5 nitrogen and oxygen atoms in total. The minimum absolute atomic E-state index is 0.173. The Bertz CT molecular complexity index is 871. The predicted molar refractivity (Wildman–Crippen MR) is 109 cm³/mol. The Hall–Kier alpha value is -2.18. The van der Waals surface area contributed by atoms with Gasteiger partial charge in [0.15, 0.2) is 0 Å². The third-order valence-electron chi connectivity index (χ3n) is 4.34. The topological polar surface area (TPSA) is 51.5 Å². The lowest BCUT2D eigenvalue weighted by Crippen LogP contribution is -3.07. The fourth-order valence-corrected chi connectivity index (χ4v) is 4.25. The molecule has 0 spiro atoms. The fraction of sp³-hybridized carbons (Fsp3) is 0.400. The van der Waals surface area contributed by atoms with Crippen LogP contribution in [-0.2, 0) is 0 Å². The highest BCUT2D eigenvalue weighted by Crippen LogP contribution is 2.37. The summed E-state index contributed by atoms with van der Waals surface area (Å²) in [4.78, 5) is 11.4. The Morgan fingerprint density at radius 1 is 1.15 bits per heavy atom. The van der Waals surface area contributed by atoms with Crippen LogP contribution >= 0.6 is 11.3 Å². The van der Waals surface area contributed by atoms with Gasteiger partial charge in [0.2, 0.25) is 0 Å². The number of hydrogen-bond donors (Lipinski definition) is 2. The van der Waals surface area contributed by atoms with Gasteiger partial charge in [-0.05, 0) is 17.7 Å². The van der Waals surface area contributed by atoms with Crippen molar-refractivity contribution in [3.63, 3.8) is 0 Å². The monoisotopic (exact) mass is 371 g/mol. The Morgan fingerprint density at radius 2 is 1.88 bits per heavy atom. The van der Waals surface area contributed by atoms with Crippen molar-refractivity contribution in [2.24, 2.45) is 5.41 Å². The van der Waals surface area contributed by atoms with Crippen LogP contribution in [0.2, 0.25) is 0 Å². The first kappa shape index (κ1) is 18.6. The van der Waals surface area contributed by atoms with E-state index in [2.05, 4.69) is 60.7 Å². The number of nitrogens with zero attached hydrogens (tertiary/aromatic N) is 2. The third kappa shape index (κ3) is 4.14. The number of quaternary nitrogens is 1. The van der Waals surface area contributed by atoms with E-state index in [9.17, 15) is 0 Å². The molecular formula is C20H27N4OS+. The number of rotatable bonds is 7. The highest BCUT2D eigenvalue weighted by molar-refractivity contribution is 7.17. The molecule has 1 aromatic carbocycles. The van der Waals surface area contributed by atoms with Crippen LogP contribution in [0.1, 0.15) is 13.8 Å². The van der Waals surface area contributed by atoms with Crippen LogP contribution in [0.15, 0.2) is 36.0 Å². The third-order valence-corrected chi connectivity index (χ3v) is 5.22. The van der Waals surface area contributed by atoms with E-state index in [4.69, 9.17) is 4.74 Å². The number of thiophene rings is 1. The van der Waals surface area contributed by atoms with Crippen molar-refractivity contribution < 1.29 is 9.64 Å². The van der Waals surface area contributed by atoms with Gasteiger partial charge in [-0.3, -0.25) is 0 Å². The zero-order valence-corrected chi connectivity index (χ0v) is 16.9. The quantitative estimate of drug-likeness (QED) is 0.670. The Balaban J connectivity index is 1.92. The van der Waals surface area contributed by atoms with E-state index in [1.165, 1.54) is 4.90 Å². The number of hydrogen-bond acceptors (Lipinski definition) is 5. The van der Waals surface area contributed by atoms with Gasteiger partial charge in [0.25, 0.3) is 0 Å². The van der Waals surface area contributed by atoms with Gasteiger partial charge in [0.1, 0.15) is 22.7 Å². The minimum atomic E-state index is 0.173. The molecule has 6 heteroatoms. The molecule has 138 valence electrons. The molecule has 2 aromatic heterocycles. The van der Waals surface area contributed by atoms with Crippen LogP contribution in [0.25, 0.3) is 21.3 Å². The van der Waals surface area contributed by atoms with E-state index in [1.54, 1.807) is 24.8 Å². The molecule has 0 aliphatic heterocycles. The lowest BCUT2D eigenvalue weighted by Gasteiger charge is -2.26. The van der Waals surface area contributed by atoms with Crippen molar-refractivity contribution >= 4 is 27.4 Å². The zero-order chi connectivity index (χ0) is 18.7. The predicted octanol–water partition coefficient (Wildman–Crippen LogP) is 2.95. The van der Waals surface area contributed by atoms with E-state index < -0.39 is 0 Å². The molecule has 0 unspecified atom stereocenters. The molecular weight excluding hydrogens is 344 g/mol. The van der Waals surface area contributed by atoms with Crippen LogP contribution in [0.4, 0.5) is 5.82 Å². The molecule has 0 saturated carbocycles. The Kier molecular flexibility index (Phi) is 5.44. The fourth-order valence-electron chi connectivity index (χ4n) is 3.33. The number of nitrogens with one attached hydrogen (secondary N) is 2. The number of aromatic nitrogens is 2. The average molecular weight is 372 g/mol. The van der Waals surface area contributed by atoms with Gasteiger partial charge >= 0.3 is 0 Å². The van der Waals surface area contributed by atoms with Crippen molar-refractivity contribution in [3.8, 4) is 16.9 Å². The average Bonchev–Trinajstić information content (AvgIpc) is 3.04. The first-order valence-corrected chi connectivity index (χ1v) is 9.67. The maximum Gasteiger partial charge on any atom is 0.138 e. The standard InChI is InChI=1S/C20H26N4OS/c1-20(2,12-24(3)4)11-21-18-17-16(10-26-19(17)23-13-22-18)14-6-8-15(25-5)9-7-14/h6-10,13H,11-12H2,1-5H3,(H,21,22,23)/p+1. The second-order valence-electron chi connectivity index (χ2n) is 7.68. The van der Waals surface area contributed by atoms with Crippen LogP contribution in [0.5, 0.6) is 5.75 Å². The van der Waals surface area contributed by atoms with Crippen molar-refractivity contribution in [3.05, 3.63) is 36.0 Å². The van der Waals surface area contributed by atoms with Crippen molar-refractivity contribution in [2.75, 3.05) is 39.6 Å². The number of fused-ring (bicyclic) bond motifs is 1. The summed E-state index contributed by atoms with van der Waals surface area (Å²) in [5, 5.41) is 6.82. The van der Waals surface area contributed by atoms with Gasteiger partial charge in [-0.1, -0.05) is 26.0 Å². The molecule has 0 saturated heterocycles. The molecule has 0 fully saturated rings. The first-order chi connectivity index (χ1) is 12.4. The van der Waals surface area contributed by atoms with Crippen LogP contribution < -0.4 is 15.0 Å². The second-order valence-corrected chi connectivity index (χ2v) is 8.54. The van der Waals surface area contributed by atoms with Gasteiger partial charge in [-0.25, -0.2) is 9.97 Å². The summed E-state index contributed by atoms with van der Waals surface area (Å²) in [6, 6.07) is 8.13. The van der Waals surface area contributed by atoms with Crippen LogP contribution in [0, 0.1) is 5.41 Å². The van der Waals surface area contributed by atoms with Gasteiger partial charge in [-0.2, -0.15) is 0 Å². The lowest BCUT2D eigenvalue weighted by molar-refractivity contribution is -0.865. The van der Waals surface area contributed by atoms with Gasteiger partial charge < -0.3 is 15.0 Å². The van der Waals surface area contributed by atoms with Gasteiger partial charge in [-0.15, -0.1) is 11.3 Å². The Labute approximate surface area is 159 Å². The largest absolute Gasteiger partial charge is 0.497 e. The SMILES string of the molecule is COc1ccc(-c2csc3ncnc(NCC(C)(C)C[NH+](C)C)c23)cc1. The highest BCUT2D eigenvalue weighted by Gasteiger charge is 2.22. The number of ether oxygens (including phenoxy) is 1. The van der Waals surface area contributed by atoms with Crippen molar-refractivity contribution in [1.29, 1.82) is 0 Å². The molecule has 0 aliphatic rings. The summed E-state index contributed by atoms with van der Waals surface area (Å²) in [6.45, 7) is 6.51. The van der Waals surface area contributed by atoms with Gasteiger partial charge in [0, 0.05) is 22.9 Å². The van der Waals surface area contributed by atoms with E-state index in [0.29, 0.717) is 0 Å². The summed E-state index contributed by atoms with van der Waals surface area (Å²) in [5.41, 5.74) is 2.48. The molecule has 2 heterocycles. The molecule has 26 heavy (non-hydrogen) atoms. The number of methoxy groups -OCH3 is 1. The van der Waals surface area contributed by atoms with Crippen molar-refractivity contribution in [2.45, 2.75) is 13.8 Å². The number of benzene rings is 1. The summed E-state index contributed by atoms with van der Waals surface area (Å²) in [5.74, 6) is 1.76. The van der Waals surface area contributed by atoms with Gasteiger partial charge in [0.05, 0.1) is 33.1 Å². The molecule has 0 atom stereocenters. The molecule has 3 rings (SSSR count). The van der Waals surface area contributed by atoms with E-state index in [-0.39, 0.29) is 5.41 Å². The highest BCUT2D eigenvalue weighted by atomic mass is 32.1. The summed E-state index contributed by atoms with van der Waals surface area (Å²) >= 11 is 1.65. The zero-order valence-electron chi connectivity index (χ0n) is 16.1. The summed E-state index contributed by atoms with van der Waals surface area (Å²) in [6.07, 6.45) is 1.64. The molecule has 0 radical (unpaired) electrons. The molecule has 0 aliphatic carbocycles. The smallest absolute Gasteiger partial charge is 0.138 e. The molecule has 0 bridgehead atoms. The normalized spacial score (nSPS) is 11.9. The molecule has 3 aromatic rings. The first-order valence-electron chi connectivity index (χ1n) is 8.79. The van der Waals surface area contributed by atoms with Crippen LogP contribution in [0.3, 0.4) is 0 Å². The molecule has 0 amide bonds. The maximum absolute atomic E-state index is 5.27. The summed E-state index contributed by atoms with van der Waals surface area (Å²) < 4.78 is 5.27. The minimum Gasteiger partial charge on any atom is -0.497 e. The van der Waals surface area contributed by atoms with Crippen LogP contribution in [-0.4, -0.2) is 44.3 Å². The summed E-state index contributed by atoms with van der Waals surface area (Å²) in [7, 11) is 6.05.